The molecule has 0 saturated carbocycles. The van der Waals surface area contributed by atoms with Gasteiger partial charge in [-0.15, -0.1) is 0 Å². The smallest absolute Gasteiger partial charge is 0.256 e. The number of carbonyl (C=O) groups excluding carboxylic acids is 1. The monoisotopic (exact) mass is 546 g/mol. The van der Waals surface area contributed by atoms with E-state index >= 15 is 0 Å². The van der Waals surface area contributed by atoms with Crippen LogP contribution in [-0.4, -0.2) is 61.1 Å². The van der Waals surface area contributed by atoms with Gasteiger partial charge in [-0.2, -0.15) is 0 Å². The standard InChI is InChI=1S/C26H31ClN4O5S/c1-26(2)15-35-17(14-36-26)13-34-21-12-28-9-7-16(21)11-30-19-8-10-29-24(32)22(19)25(37)31-20-6-4-5-18(27)23(20)33-3/h4-7,9,12,17,30H,8,10-11,13-15H2,1-3H3,(H,29,32)(H,31,37). The maximum absolute atomic E-state index is 12.8. The number of pyridine rings is 1. The molecule has 1 aromatic heterocycles. The van der Waals surface area contributed by atoms with Gasteiger partial charge >= 0.3 is 0 Å². The molecule has 1 fully saturated rings. The number of nitrogens with one attached hydrogen (secondary N) is 3. The highest BCUT2D eigenvalue weighted by Crippen LogP contribution is 2.33. The molecule has 3 heterocycles. The summed E-state index contributed by atoms with van der Waals surface area (Å²) in [5.74, 6) is 0.832. The summed E-state index contributed by atoms with van der Waals surface area (Å²) in [5, 5.41) is 9.79. The molecule has 37 heavy (non-hydrogen) atoms. The minimum Gasteiger partial charge on any atom is -0.493 e. The lowest BCUT2D eigenvalue weighted by Gasteiger charge is -2.34. The van der Waals surface area contributed by atoms with Gasteiger partial charge in [0.2, 0.25) is 0 Å². The second kappa shape index (κ2) is 12.1. The summed E-state index contributed by atoms with van der Waals surface area (Å²) in [6, 6.07) is 7.16. The van der Waals surface area contributed by atoms with Gasteiger partial charge in [-0.3, -0.25) is 9.78 Å². The van der Waals surface area contributed by atoms with Gasteiger partial charge in [0.25, 0.3) is 5.91 Å². The number of hydrogen-bond donors (Lipinski definition) is 3. The molecule has 1 unspecified atom stereocenters. The first kappa shape index (κ1) is 27.1. The molecule has 2 aromatic rings. The SMILES string of the molecule is COc1c(Cl)cccc1NC(=S)C1=C(NCc2ccncc2OCC2COC(C)(C)CO2)CCNC1=O. The molecule has 2 aliphatic heterocycles. The highest BCUT2D eigenvalue weighted by Gasteiger charge is 2.29. The van der Waals surface area contributed by atoms with Crippen LogP contribution in [0.15, 0.2) is 47.9 Å². The van der Waals surface area contributed by atoms with Crippen molar-refractivity contribution in [2.45, 2.75) is 38.5 Å². The Balaban J connectivity index is 1.45. The molecule has 2 aliphatic rings. The van der Waals surface area contributed by atoms with Crippen molar-refractivity contribution in [1.82, 2.24) is 15.6 Å². The lowest BCUT2D eigenvalue weighted by atomic mass is 10.1. The summed E-state index contributed by atoms with van der Waals surface area (Å²) < 4.78 is 23.1. The van der Waals surface area contributed by atoms with Crippen LogP contribution in [0.4, 0.5) is 5.69 Å². The van der Waals surface area contributed by atoms with Crippen LogP contribution < -0.4 is 25.4 Å². The summed E-state index contributed by atoms with van der Waals surface area (Å²) in [6.07, 6.45) is 3.82. The van der Waals surface area contributed by atoms with Crippen molar-refractivity contribution < 1.29 is 23.7 Å². The van der Waals surface area contributed by atoms with E-state index in [0.717, 1.165) is 11.3 Å². The van der Waals surface area contributed by atoms with E-state index in [1.807, 2.05) is 19.9 Å². The van der Waals surface area contributed by atoms with Crippen LogP contribution in [-0.2, 0) is 20.8 Å². The van der Waals surface area contributed by atoms with E-state index in [4.69, 9.17) is 42.8 Å². The van der Waals surface area contributed by atoms with Gasteiger partial charge in [-0.05, 0) is 32.0 Å². The number of halogens is 1. The normalized spacial score (nSPS) is 19.1. The average molecular weight is 547 g/mol. The molecule has 1 aromatic carbocycles. The van der Waals surface area contributed by atoms with Crippen molar-refractivity contribution in [2.24, 2.45) is 0 Å². The summed E-state index contributed by atoms with van der Waals surface area (Å²) in [6.45, 7) is 6.24. The first-order valence-electron chi connectivity index (χ1n) is 12.0. The number of methoxy groups -OCH3 is 1. The summed E-state index contributed by atoms with van der Waals surface area (Å²) in [5.41, 5.74) is 2.28. The Bertz CT molecular complexity index is 1180. The second-order valence-corrected chi connectivity index (χ2v) is 10.1. The maximum Gasteiger partial charge on any atom is 0.256 e. The highest BCUT2D eigenvalue weighted by atomic mass is 35.5. The molecule has 0 bridgehead atoms. The minimum atomic E-state index is -0.287. The number of hydrogen-bond acceptors (Lipinski definition) is 8. The Morgan fingerprint density at radius 2 is 2.19 bits per heavy atom. The Hall–Kier alpha value is -2.92. The van der Waals surface area contributed by atoms with Gasteiger partial charge in [-0.1, -0.05) is 29.9 Å². The van der Waals surface area contributed by atoms with E-state index in [0.29, 0.717) is 67.1 Å². The van der Waals surface area contributed by atoms with Crippen molar-refractivity contribution in [2.75, 3.05) is 38.8 Å². The second-order valence-electron chi connectivity index (χ2n) is 9.29. The van der Waals surface area contributed by atoms with Crippen LogP contribution in [0.5, 0.6) is 11.5 Å². The topological polar surface area (TPSA) is 103 Å². The number of nitrogens with zero attached hydrogens (tertiary/aromatic N) is 1. The number of amides is 1. The summed E-state index contributed by atoms with van der Waals surface area (Å²) >= 11 is 11.9. The predicted molar refractivity (Wildman–Crippen MR) is 145 cm³/mol. The van der Waals surface area contributed by atoms with Crippen LogP contribution in [0.1, 0.15) is 25.8 Å². The molecular weight excluding hydrogens is 516 g/mol. The minimum absolute atomic E-state index is 0.155. The Morgan fingerprint density at radius 1 is 1.35 bits per heavy atom. The lowest BCUT2D eigenvalue weighted by Crippen LogP contribution is -2.44. The number of benzene rings is 1. The quantitative estimate of drug-likeness (QED) is 0.407. The third-order valence-corrected chi connectivity index (χ3v) is 6.55. The third kappa shape index (κ3) is 6.89. The zero-order valence-electron chi connectivity index (χ0n) is 21.1. The number of anilines is 1. The van der Waals surface area contributed by atoms with Gasteiger partial charge in [0, 0.05) is 37.0 Å². The summed E-state index contributed by atoms with van der Waals surface area (Å²) in [4.78, 5) is 17.3. The van der Waals surface area contributed by atoms with Crippen LogP contribution in [0.2, 0.25) is 5.02 Å². The first-order chi connectivity index (χ1) is 17.8. The molecule has 4 rings (SSSR count). The molecule has 0 radical (unpaired) electrons. The van der Waals surface area contributed by atoms with Crippen LogP contribution >= 0.6 is 23.8 Å². The third-order valence-electron chi connectivity index (χ3n) is 5.95. The van der Waals surface area contributed by atoms with Crippen molar-refractivity contribution in [3.05, 3.63) is 58.5 Å². The Morgan fingerprint density at radius 3 is 2.95 bits per heavy atom. The molecule has 3 N–H and O–H groups in total. The zero-order valence-corrected chi connectivity index (χ0v) is 22.6. The van der Waals surface area contributed by atoms with Crippen molar-refractivity contribution in [3.8, 4) is 11.5 Å². The number of ether oxygens (including phenoxy) is 4. The largest absolute Gasteiger partial charge is 0.493 e. The predicted octanol–water partition coefficient (Wildman–Crippen LogP) is 3.62. The van der Waals surface area contributed by atoms with E-state index in [2.05, 4.69) is 20.9 Å². The van der Waals surface area contributed by atoms with Crippen LogP contribution in [0, 0.1) is 0 Å². The highest BCUT2D eigenvalue weighted by molar-refractivity contribution is 7.81. The number of carbonyl (C=O) groups is 1. The van der Waals surface area contributed by atoms with Crippen molar-refractivity contribution >= 4 is 40.4 Å². The Kier molecular flexibility index (Phi) is 8.86. The van der Waals surface area contributed by atoms with Gasteiger partial charge < -0.3 is 34.9 Å². The van der Waals surface area contributed by atoms with Gasteiger partial charge in [0.15, 0.2) is 5.75 Å². The van der Waals surface area contributed by atoms with Gasteiger partial charge in [-0.25, -0.2) is 0 Å². The molecule has 1 atom stereocenters. The number of rotatable bonds is 9. The fourth-order valence-corrected chi connectivity index (χ4v) is 4.54. The van der Waals surface area contributed by atoms with E-state index in [9.17, 15) is 4.79 Å². The van der Waals surface area contributed by atoms with Crippen molar-refractivity contribution in [3.63, 3.8) is 0 Å². The number of aromatic nitrogens is 1. The number of thiocarbonyl (C=S) groups is 1. The molecule has 1 saturated heterocycles. The van der Waals surface area contributed by atoms with Gasteiger partial charge in [0.1, 0.15) is 23.4 Å². The molecule has 9 nitrogen and oxygen atoms in total. The van der Waals surface area contributed by atoms with Crippen LogP contribution in [0.25, 0.3) is 0 Å². The Labute approximate surface area is 226 Å². The van der Waals surface area contributed by atoms with E-state index < -0.39 is 0 Å². The number of para-hydroxylation sites is 1. The van der Waals surface area contributed by atoms with Crippen molar-refractivity contribution in [1.29, 1.82) is 0 Å². The fourth-order valence-electron chi connectivity index (χ4n) is 3.96. The average Bonchev–Trinajstić information content (AvgIpc) is 2.87. The van der Waals surface area contributed by atoms with E-state index in [1.54, 1.807) is 30.6 Å². The summed E-state index contributed by atoms with van der Waals surface area (Å²) in [7, 11) is 1.53. The van der Waals surface area contributed by atoms with Gasteiger partial charge in [0.05, 0.1) is 48.4 Å². The van der Waals surface area contributed by atoms with Crippen LogP contribution in [0.3, 0.4) is 0 Å². The first-order valence-corrected chi connectivity index (χ1v) is 12.8. The molecule has 198 valence electrons. The molecule has 0 aliphatic carbocycles. The molecular formula is C26H31ClN4O5S. The van der Waals surface area contributed by atoms with E-state index in [-0.39, 0.29) is 22.6 Å². The van der Waals surface area contributed by atoms with E-state index in [1.165, 1.54) is 7.11 Å². The zero-order chi connectivity index (χ0) is 26.4. The fraction of sp³-hybridized carbons (Fsp3) is 0.423. The molecule has 11 heteroatoms. The lowest BCUT2D eigenvalue weighted by molar-refractivity contribution is -0.181. The molecule has 1 amide bonds. The maximum atomic E-state index is 12.8. The molecule has 0 spiro atoms.